The topological polar surface area (TPSA) is 69.0 Å². The van der Waals surface area contributed by atoms with Gasteiger partial charge in [-0.05, 0) is 19.3 Å². The highest BCUT2D eigenvalue weighted by Gasteiger charge is 2.16. The summed E-state index contributed by atoms with van der Waals surface area (Å²) in [7, 11) is 0. The van der Waals surface area contributed by atoms with Crippen LogP contribution in [0.25, 0.3) is 0 Å². The molecule has 0 spiro atoms. The Morgan fingerprint density at radius 3 is 3.23 bits per heavy atom. The lowest BCUT2D eigenvalue weighted by Gasteiger charge is -2.08. The van der Waals surface area contributed by atoms with Gasteiger partial charge in [-0.25, -0.2) is 4.98 Å². The molecule has 1 atom stereocenters. The molecule has 6 nitrogen and oxygen atoms in total. The zero-order valence-electron chi connectivity index (χ0n) is 12.6. The normalized spacial score (nSPS) is 17.8. The second-order valence-corrected chi connectivity index (χ2v) is 6.34. The summed E-state index contributed by atoms with van der Waals surface area (Å²) in [6, 6.07) is 0. The number of carbonyl (C=O) groups is 1. The van der Waals surface area contributed by atoms with E-state index < -0.39 is 0 Å². The lowest BCUT2D eigenvalue weighted by atomic mass is 10.2. The number of carbonyl (C=O) groups excluding carboxylic acids is 1. The molecule has 7 heteroatoms. The summed E-state index contributed by atoms with van der Waals surface area (Å²) in [5.74, 6) is -0.0652. The van der Waals surface area contributed by atoms with E-state index in [0.717, 1.165) is 43.1 Å². The van der Waals surface area contributed by atoms with E-state index in [2.05, 4.69) is 22.3 Å². The first kappa shape index (κ1) is 15.2. The van der Waals surface area contributed by atoms with Crippen LogP contribution in [0.1, 0.15) is 30.5 Å². The number of nitrogens with one attached hydrogen (secondary N) is 1. The first-order valence-electron chi connectivity index (χ1n) is 7.60. The summed E-state index contributed by atoms with van der Waals surface area (Å²) >= 11 is 1.60. The van der Waals surface area contributed by atoms with E-state index in [-0.39, 0.29) is 12.0 Å². The number of aromatic nitrogens is 3. The van der Waals surface area contributed by atoms with Gasteiger partial charge in [0.25, 0.3) is 0 Å². The summed E-state index contributed by atoms with van der Waals surface area (Å²) in [5.41, 5.74) is 1.54. The Morgan fingerprint density at radius 1 is 1.59 bits per heavy atom. The van der Waals surface area contributed by atoms with Gasteiger partial charge < -0.3 is 10.1 Å². The first-order valence-corrected chi connectivity index (χ1v) is 8.48. The largest absolute Gasteiger partial charge is 0.376 e. The highest BCUT2D eigenvalue weighted by molar-refractivity contribution is 7.09. The Hall–Kier alpha value is -1.73. The fraction of sp³-hybridized carbons (Fsp3) is 0.533. The molecule has 3 rings (SSSR count). The van der Waals surface area contributed by atoms with Gasteiger partial charge >= 0.3 is 0 Å². The van der Waals surface area contributed by atoms with Crippen molar-refractivity contribution < 1.29 is 9.53 Å². The maximum absolute atomic E-state index is 12.0. The molecule has 1 fully saturated rings. The summed E-state index contributed by atoms with van der Waals surface area (Å²) in [6.45, 7) is 3.63. The zero-order chi connectivity index (χ0) is 15.4. The van der Waals surface area contributed by atoms with Crippen molar-refractivity contribution >= 4 is 22.9 Å². The molecule has 0 saturated carbocycles. The highest BCUT2D eigenvalue weighted by atomic mass is 32.1. The van der Waals surface area contributed by atoms with Crippen LogP contribution in [0.4, 0.5) is 5.69 Å². The Balaban J connectivity index is 1.51. The van der Waals surface area contributed by atoms with Gasteiger partial charge in [0.05, 0.1) is 41.7 Å². The van der Waals surface area contributed by atoms with Crippen LogP contribution in [0.15, 0.2) is 17.8 Å². The summed E-state index contributed by atoms with van der Waals surface area (Å²) in [5, 5.41) is 10.1. The van der Waals surface area contributed by atoms with E-state index in [1.807, 2.05) is 16.3 Å². The second-order valence-electron chi connectivity index (χ2n) is 5.40. The van der Waals surface area contributed by atoms with E-state index in [1.54, 1.807) is 17.5 Å². The Labute approximate surface area is 133 Å². The molecule has 1 aliphatic heterocycles. The Morgan fingerprint density at radius 2 is 2.50 bits per heavy atom. The van der Waals surface area contributed by atoms with Gasteiger partial charge in [-0.15, -0.1) is 11.3 Å². The van der Waals surface area contributed by atoms with Crippen LogP contribution in [0.3, 0.4) is 0 Å². The molecule has 0 bridgehead atoms. The van der Waals surface area contributed by atoms with Gasteiger partial charge in [-0.3, -0.25) is 9.48 Å². The van der Waals surface area contributed by atoms with E-state index in [1.165, 1.54) is 0 Å². The zero-order valence-corrected chi connectivity index (χ0v) is 13.4. The second kappa shape index (κ2) is 7.02. The summed E-state index contributed by atoms with van der Waals surface area (Å²) in [6.07, 6.45) is 7.15. The SMILES string of the molecule is CCc1nc(CC(=O)Nc2cnn(C[C@H]3CCCO3)c2)cs1. The molecule has 1 aliphatic rings. The summed E-state index contributed by atoms with van der Waals surface area (Å²) in [4.78, 5) is 16.4. The van der Waals surface area contributed by atoms with E-state index >= 15 is 0 Å². The minimum Gasteiger partial charge on any atom is -0.376 e. The molecule has 2 aromatic rings. The number of anilines is 1. The van der Waals surface area contributed by atoms with Crippen LogP contribution < -0.4 is 5.32 Å². The van der Waals surface area contributed by atoms with Gasteiger partial charge in [0, 0.05) is 18.2 Å². The molecule has 1 saturated heterocycles. The third-order valence-electron chi connectivity index (χ3n) is 3.58. The van der Waals surface area contributed by atoms with Crippen molar-refractivity contribution in [2.24, 2.45) is 0 Å². The third kappa shape index (κ3) is 3.92. The molecule has 1 amide bonds. The average Bonchev–Trinajstić information content (AvgIpc) is 3.22. The number of ether oxygens (including phenoxy) is 1. The van der Waals surface area contributed by atoms with Crippen molar-refractivity contribution in [2.45, 2.75) is 45.3 Å². The van der Waals surface area contributed by atoms with E-state index in [0.29, 0.717) is 12.1 Å². The number of hydrogen-bond donors (Lipinski definition) is 1. The molecule has 2 aromatic heterocycles. The van der Waals surface area contributed by atoms with E-state index in [9.17, 15) is 4.79 Å². The molecule has 0 aliphatic carbocycles. The maximum atomic E-state index is 12.0. The van der Waals surface area contributed by atoms with Gasteiger partial charge in [0.2, 0.25) is 5.91 Å². The smallest absolute Gasteiger partial charge is 0.230 e. The van der Waals surface area contributed by atoms with Crippen LogP contribution in [-0.2, 0) is 28.9 Å². The molecule has 1 N–H and O–H groups in total. The molecule has 0 radical (unpaired) electrons. The predicted molar refractivity (Wildman–Crippen MR) is 85.0 cm³/mol. The van der Waals surface area contributed by atoms with Gasteiger partial charge in [0.15, 0.2) is 0 Å². The van der Waals surface area contributed by atoms with E-state index in [4.69, 9.17) is 4.74 Å². The van der Waals surface area contributed by atoms with Crippen molar-refractivity contribution in [3.05, 3.63) is 28.5 Å². The number of rotatable bonds is 6. The lowest BCUT2D eigenvalue weighted by Crippen LogP contribution is -2.16. The third-order valence-corrected chi connectivity index (χ3v) is 4.62. The van der Waals surface area contributed by atoms with Gasteiger partial charge in [-0.1, -0.05) is 6.92 Å². The van der Waals surface area contributed by atoms with Crippen LogP contribution in [0.2, 0.25) is 0 Å². The molecular weight excluding hydrogens is 300 g/mol. The van der Waals surface area contributed by atoms with Crippen molar-refractivity contribution in [3.63, 3.8) is 0 Å². The van der Waals surface area contributed by atoms with Crippen molar-refractivity contribution in [1.29, 1.82) is 0 Å². The van der Waals surface area contributed by atoms with Crippen LogP contribution in [0, 0.1) is 0 Å². The van der Waals surface area contributed by atoms with Gasteiger partial charge in [0.1, 0.15) is 0 Å². The molecule has 118 valence electrons. The number of thiazole rings is 1. The lowest BCUT2D eigenvalue weighted by molar-refractivity contribution is -0.115. The first-order chi connectivity index (χ1) is 10.7. The molecule has 3 heterocycles. The van der Waals surface area contributed by atoms with Crippen LogP contribution in [0.5, 0.6) is 0 Å². The monoisotopic (exact) mass is 320 g/mol. The minimum absolute atomic E-state index is 0.0652. The Kier molecular flexibility index (Phi) is 4.84. The minimum atomic E-state index is -0.0652. The number of aryl methyl sites for hydroxylation is 1. The Bertz CT molecular complexity index is 631. The van der Waals surface area contributed by atoms with Crippen molar-refractivity contribution in [3.8, 4) is 0 Å². The maximum Gasteiger partial charge on any atom is 0.230 e. The van der Waals surface area contributed by atoms with Crippen LogP contribution in [-0.4, -0.2) is 33.4 Å². The predicted octanol–water partition coefficient (Wildman–Crippen LogP) is 2.26. The molecular formula is C15H20N4O2S. The van der Waals surface area contributed by atoms with Crippen molar-refractivity contribution in [2.75, 3.05) is 11.9 Å². The quantitative estimate of drug-likeness (QED) is 0.886. The fourth-order valence-corrected chi connectivity index (χ4v) is 3.23. The summed E-state index contributed by atoms with van der Waals surface area (Å²) < 4.78 is 7.41. The molecule has 0 unspecified atom stereocenters. The average molecular weight is 320 g/mol. The van der Waals surface area contributed by atoms with Crippen LogP contribution >= 0.6 is 11.3 Å². The standard InChI is InChI=1S/C15H20N4O2S/c1-2-15-18-11(10-22-15)6-14(20)17-12-7-16-19(8-12)9-13-4-3-5-21-13/h7-8,10,13H,2-6,9H2,1H3,(H,17,20)/t13-/m1/s1. The number of nitrogens with zero attached hydrogens (tertiary/aromatic N) is 3. The fourth-order valence-electron chi connectivity index (χ4n) is 2.49. The molecule has 22 heavy (non-hydrogen) atoms. The van der Waals surface area contributed by atoms with Crippen molar-refractivity contribution in [1.82, 2.24) is 14.8 Å². The van der Waals surface area contributed by atoms with Gasteiger partial charge in [-0.2, -0.15) is 5.10 Å². The number of amides is 1. The molecule has 0 aromatic carbocycles. The number of hydrogen-bond acceptors (Lipinski definition) is 5. The highest BCUT2D eigenvalue weighted by Crippen LogP contribution is 2.15.